The van der Waals surface area contributed by atoms with E-state index in [-0.39, 0.29) is 41.9 Å². The van der Waals surface area contributed by atoms with E-state index in [1.165, 1.54) is 18.6 Å². The standard InChI is InChI=1S/C19H27N5O4/c20-18(26)14-3-8-23(9-4-14)17(25)5-10-24(13-15-2-1-11-28-15)19(27)16-12-21-6-7-22-16/h6-7,12,14-15H,1-5,8-11,13H2,(H2,20,26). The van der Waals surface area contributed by atoms with Crippen LogP contribution in [0.25, 0.3) is 0 Å². The summed E-state index contributed by atoms with van der Waals surface area (Å²) >= 11 is 0. The minimum atomic E-state index is -0.301. The van der Waals surface area contributed by atoms with Gasteiger partial charge in [-0.2, -0.15) is 0 Å². The first-order chi connectivity index (χ1) is 13.5. The fourth-order valence-corrected chi connectivity index (χ4v) is 3.68. The van der Waals surface area contributed by atoms with Crippen LogP contribution in [0.5, 0.6) is 0 Å². The minimum Gasteiger partial charge on any atom is -0.376 e. The molecule has 0 aliphatic carbocycles. The monoisotopic (exact) mass is 389 g/mol. The summed E-state index contributed by atoms with van der Waals surface area (Å²) in [5.41, 5.74) is 5.60. The van der Waals surface area contributed by atoms with Gasteiger partial charge in [0.25, 0.3) is 5.91 Å². The van der Waals surface area contributed by atoms with E-state index in [0.29, 0.717) is 45.6 Å². The fraction of sp³-hybridized carbons (Fsp3) is 0.632. The molecule has 1 aromatic heterocycles. The van der Waals surface area contributed by atoms with Crippen LogP contribution in [0.3, 0.4) is 0 Å². The van der Waals surface area contributed by atoms with Crippen LogP contribution in [0, 0.1) is 5.92 Å². The Bertz CT molecular complexity index is 685. The molecule has 2 aliphatic rings. The van der Waals surface area contributed by atoms with Crippen LogP contribution in [0.4, 0.5) is 0 Å². The molecule has 1 unspecified atom stereocenters. The van der Waals surface area contributed by atoms with Gasteiger partial charge in [-0.1, -0.05) is 0 Å². The van der Waals surface area contributed by atoms with Gasteiger partial charge in [0.15, 0.2) is 0 Å². The maximum Gasteiger partial charge on any atom is 0.274 e. The zero-order chi connectivity index (χ0) is 19.9. The van der Waals surface area contributed by atoms with E-state index >= 15 is 0 Å². The molecule has 3 rings (SSSR count). The summed E-state index contributed by atoms with van der Waals surface area (Å²) in [6.07, 6.45) is 7.71. The SMILES string of the molecule is NC(=O)C1CCN(C(=O)CCN(CC2CCCO2)C(=O)c2cnccn2)CC1. The van der Waals surface area contributed by atoms with Gasteiger partial charge in [0.2, 0.25) is 11.8 Å². The highest BCUT2D eigenvalue weighted by Gasteiger charge is 2.28. The van der Waals surface area contributed by atoms with Crippen LogP contribution in [0.1, 0.15) is 42.6 Å². The molecule has 0 bridgehead atoms. The van der Waals surface area contributed by atoms with Crippen molar-refractivity contribution in [1.82, 2.24) is 19.8 Å². The Balaban J connectivity index is 1.57. The predicted octanol–water partition coefficient (Wildman–Crippen LogP) is 0.212. The molecule has 3 amide bonds. The lowest BCUT2D eigenvalue weighted by molar-refractivity contribution is -0.135. The van der Waals surface area contributed by atoms with E-state index in [0.717, 1.165) is 12.8 Å². The maximum absolute atomic E-state index is 12.8. The minimum absolute atomic E-state index is 0.0120. The van der Waals surface area contributed by atoms with E-state index in [4.69, 9.17) is 10.5 Å². The van der Waals surface area contributed by atoms with Crippen LogP contribution in [-0.2, 0) is 14.3 Å². The Kier molecular flexibility index (Phi) is 6.91. The number of ether oxygens (including phenoxy) is 1. The highest BCUT2D eigenvalue weighted by Crippen LogP contribution is 2.18. The third kappa shape index (κ3) is 5.25. The fourth-order valence-electron chi connectivity index (χ4n) is 3.68. The van der Waals surface area contributed by atoms with Crippen molar-refractivity contribution in [2.75, 3.05) is 32.8 Å². The number of amides is 3. The van der Waals surface area contributed by atoms with Crippen LogP contribution in [0.15, 0.2) is 18.6 Å². The van der Waals surface area contributed by atoms with Crippen LogP contribution in [0.2, 0.25) is 0 Å². The van der Waals surface area contributed by atoms with Gasteiger partial charge < -0.3 is 20.3 Å². The Labute approximate surface area is 164 Å². The molecule has 152 valence electrons. The van der Waals surface area contributed by atoms with Gasteiger partial charge in [-0.15, -0.1) is 0 Å². The van der Waals surface area contributed by atoms with Gasteiger partial charge in [0.05, 0.1) is 12.3 Å². The van der Waals surface area contributed by atoms with Crippen molar-refractivity contribution in [3.8, 4) is 0 Å². The summed E-state index contributed by atoms with van der Waals surface area (Å²) < 4.78 is 5.66. The topological polar surface area (TPSA) is 119 Å². The largest absolute Gasteiger partial charge is 0.376 e. The second-order valence-electron chi connectivity index (χ2n) is 7.28. The van der Waals surface area contributed by atoms with Crippen molar-refractivity contribution in [3.63, 3.8) is 0 Å². The summed E-state index contributed by atoms with van der Waals surface area (Å²) in [6.45, 7) is 2.48. The molecule has 0 aromatic carbocycles. The molecule has 1 aromatic rings. The van der Waals surface area contributed by atoms with Crippen LogP contribution >= 0.6 is 0 Å². The van der Waals surface area contributed by atoms with Gasteiger partial charge in [0, 0.05) is 57.5 Å². The molecule has 2 fully saturated rings. The number of aromatic nitrogens is 2. The van der Waals surface area contributed by atoms with Crippen molar-refractivity contribution < 1.29 is 19.1 Å². The molecule has 9 nitrogen and oxygen atoms in total. The molecule has 2 N–H and O–H groups in total. The second-order valence-corrected chi connectivity index (χ2v) is 7.28. The van der Waals surface area contributed by atoms with Crippen molar-refractivity contribution in [3.05, 3.63) is 24.3 Å². The number of nitrogens with two attached hydrogens (primary N) is 1. The third-order valence-corrected chi connectivity index (χ3v) is 5.36. The molecule has 3 heterocycles. The zero-order valence-corrected chi connectivity index (χ0v) is 16.0. The Morgan fingerprint density at radius 2 is 2.00 bits per heavy atom. The number of carbonyl (C=O) groups excluding carboxylic acids is 3. The Hall–Kier alpha value is -2.55. The number of piperidine rings is 1. The number of carbonyl (C=O) groups is 3. The summed E-state index contributed by atoms with van der Waals surface area (Å²) in [7, 11) is 0. The van der Waals surface area contributed by atoms with Gasteiger partial charge in [-0.05, 0) is 25.7 Å². The first-order valence-corrected chi connectivity index (χ1v) is 9.78. The predicted molar refractivity (Wildman–Crippen MR) is 100 cm³/mol. The quantitative estimate of drug-likeness (QED) is 0.712. The molecule has 2 saturated heterocycles. The maximum atomic E-state index is 12.8. The van der Waals surface area contributed by atoms with Gasteiger partial charge in [-0.25, -0.2) is 4.98 Å². The van der Waals surface area contributed by atoms with Crippen molar-refractivity contribution >= 4 is 17.7 Å². The van der Waals surface area contributed by atoms with Gasteiger partial charge >= 0.3 is 0 Å². The first-order valence-electron chi connectivity index (χ1n) is 9.78. The highest BCUT2D eigenvalue weighted by molar-refractivity contribution is 5.92. The number of primary amides is 1. The van der Waals surface area contributed by atoms with Crippen molar-refractivity contribution in [2.24, 2.45) is 11.7 Å². The average molecular weight is 389 g/mol. The summed E-state index contributed by atoms with van der Waals surface area (Å²) in [5.74, 6) is -0.723. The molecule has 0 spiro atoms. The molecule has 28 heavy (non-hydrogen) atoms. The lowest BCUT2D eigenvalue weighted by Crippen LogP contribution is -2.44. The van der Waals surface area contributed by atoms with Crippen molar-refractivity contribution in [1.29, 1.82) is 0 Å². The molecule has 2 aliphatic heterocycles. The molecule has 9 heteroatoms. The molecular formula is C19H27N5O4. The summed E-state index contributed by atoms with van der Waals surface area (Å²) in [6, 6.07) is 0. The third-order valence-electron chi connectivity index (χ3n) is 5.36. The number of hydrogen-bond donors (Lipinski definition) is 1. The smallest absolute Gasteiger partial charge is 0.274 e. The lowest BCUT2D eigenvalue weighted by Gasteiger charge is -2.31. The number of nitrogens with zero attached hydrogens (tertiary/aromatic N) is 4. The van der Waals surface area contributed by atoms with Crippen molar-refractivity contribution in [2.45, 2.75) is 38.2 Å². The van der Waals surface area contributed by atoms with Crippen LogP contribution in [-0.4, -0.2) is 76.4 Å². The first kappa shape index (κ1) is 20.2. The second kappa shape index (κ2) is 9.59. The van der Waals surface area contributed by atoms with E-state index in [2.05, 4.69) is 9.97 Å². The van der Waals surface area contributed by atoms with Gasteiger partial charge in [0.1, 0.15) is 5.69 Å². The number of likely N-dealkylation sites (tertiary alicyclic amines) is 1. The van der Waals surface area contributed by atoms with E-state index in [1.807, 2.05) is 0 Å². The van der Waals surface area contributed by atoms with Gasteiger partial charge in [-0.3, -0.25) is 19.4 Å². The number of hydrogen-bond acceptors (Lipinski definition) is 6. The highest BCUT2D eigenvalue weighted by atomic mass is 16.5. The van der Waals surface area contributed by atoms with E-state index in [1.54, 1.807) is 9.80 Å². The number of rotatable bonds is 7. The molecule has 0 radical (unpaired) electrons. The molecule has 0 saturated carbocycles. The zero-order valence-electron chi connectivity index (χ0n) is 16.0. The lowest BCUT2D eigenvalue weighted by atomic mass is 9.96. The molecular weight excluding hydrogens is 362 g/mol. The normalized spacial score (nSPS) is 20.1. The van der Waals surface area contributed by atoms with Crippen LogP contribution < -0.4 is 5.73 Å². The van der Waals surface area contributed by atoms with E-state index in [9.17, 15) is 14.4 Å². The summed E-state index contributed by atoms with van der Waals surface area (Å²) in [5, 5.41) is 0. The summed E-state index contributed by atoms with van der Waals surface area (Å²) in [4.78, 5) is 48.1. The Morgan fingerprint density at radius 3 is 2.61 bits per heavy atom. The van der Waals surface area contributed by atoms with E-state index < -0.39 is 0 Å². The molecule has 1 atom stereocenters. The average Bonchev–Trinajstić information content (AvgIpc) is 3.24. The Morgan fingerprint density at radius 1 is 1.21 bits per heavy atom.